The number of rotatable bonds is 4. The van der Waals surface area contributed by atoms with Crippen molar-refractivity contribution in [3.63, 3.8) is 0 Å². The van der Waals surface area contributed by atoms with E-state index in [-0.39, 0.29) is 18.1 Å². The fourth-order valence-corrected chi connectivity index (χ4v) is 1.78. The van der Waals surface area contributed by atoms with Crippen LogP contribution in [0.5, 0.6) is 0 Å². The molecule has 0 saturated carbocycles. The van der Waals surface area contributed by atoms with Crippen molar-refractivity contribution in [1.82, 2.24) is 5.32 Å². The first-order valence-corrected chi connectivity index (χ1v) is 5.96. The summed E-state index contributed by atoms with van der Waals surface area (Å²) in [5, 5.41) is 2.68. The monoisotopic (exact) mass is 262 g/mol. The highest BCUT2D eigenvalue weighted by molar-refractivity contribution is 5.91. The Labute approximate surface area is 110 Å². The van der Waals surface area contributed by atoms with Crippen LogP contribution in [-0.2, 0) is 6.54 Å². The van der Waals surface area contributed by atoms with Gasteiger partial charge in [-0.05, 0) is 25.1 Å². The van der Waals surface area contributed by atoms with Gasteiger partial charge >= 0.3 is 0 Å². The summed E-state index contributed by atoms with van der Waals surface area (Å²) in [5.74, 6) is -0.0415. The van der Waals surface area contributed by atoms with Crippen LogP contribution in [0, 0.1) is 5.82 Å². The highest BCUT2D eigenvalue weighted by atomic mass is 19.1. The molecule has 3 N–H and O–H groups in total. The van der Waals surface area contributed by atoms with Crippen LogP contribution < -0.4 is 11.1 Å². The van der Waals surface area contributed by atoms with E-state index in [1.807, 2.05) is 0 Å². The van der Waals surface area contributed by atoms with Gasteiger partial charge in [0.15, 0.2) is 5.76 Å². The van der Waals surface area contributed by atoms with Gasteiger partial charge in [0, 0.05) is 5.56 Å². The van der Waals surface area contributed by atoms with E-state index in [0.717, 1.165) is 0 Å². The number of halogens is 1. The Balaban J connectivity index is 2.08. The molecule has 0 spiro atoms. The molecule has 100 valence electrons. The van der Waals surface area contributed by atoms with Crippen LogP contribution in [0.3, 0.4) is 0 Å². The van der Waals surface area contributed by atoms with Crippen LogP contribution in [0.4, 0.5) is 4.39 Å². The maximum absolute atomic E-state index is 13.6. The summed E-state index contributed by atoms with van der Waals surface area (Å²) in [4.78, 5) is 11.9. The van der Waals surface area contributed by atoms with Crippen LogP contribution >= 0.6 is 0 Å². The predicted octanol–water partition coefficient (Wildman–Crippen LogP) is 2.37. The molecular weight excluding hydrogens is 247 g/mol. The van der Waals surface area contributed by atoms with Crippen LogP contribution in [0.1, 0.15) is 34.8 Å². The number of furan rings is 1. The number of nitrogens with two attached hydrogens (primary N) is 1. The molecule has 1 aromatic carbocycles. The van der Waals surface area contributed by atoms with Gasteiger partial charge in [-0.2, -0.15) is 0 Å². The summed E-state index contributed by atoms with van der Waals surface area (Å²) in [5.41, 5.74) is 5.83. The van der Waals surface area contributed by atoms with Gasteiger partial charge in [-0.25, -0.2) is 4.39 Å². The van der Waals surface area contributed by atoms with E-state index >= 15 is 0 Å². The first-order valence-electron chi connectivity index (χ1n) is 5.96. The number of hydrogen-bond donors (Lipinski definition) is 2. The largest absolute Gasteiger partial charge is 0.455 e. The Morgan fingerprint density at radius 3 is 2.74 bits per heavy atom. The lowest BCUT2D eigenvalue weighted by Gasteiger charge is -2.13. The van der Waals surface area contributed by atoms with Gasteiger partial charge in [0.05, 0.1) is 12.6 Å². The molecule has 0 aliphatic heterocycles. The minimum absolute atomic E-state index is 0.170. The van der Waals surface area contributed by atoms with Gasteiger partial charge in [0.25, 0.3) is 5.91 Å². The summed E-state index contributed by atoms with van der Waals surface area (Å²) < 4.78 is 18.8. The topological polar surface area (TPSA) is 68.3 Å². The predicted molar refractivity (Wildman–Crippen MR) is 68.9 cm³/mol. The van der Waals surface area contributed by atoms with E-state index in [0.29, 0.717) is 11.3 Å². The van der Waals surface area contributed by atoms with Gasteiger partial charge in [-0.1, -0.05) is 18.2 Å². The van der Waals surface area contributed by atoms with Crippen LogP contribution in [-0.4, -0.2) is 5.91 Å². The van der Waals surface area contributed by atoms with Crippen molar-refractivity contribution in [3.05, 3.63) is 59.3 Å². The molecule has 0 aliphatic rings. The van der Waals surface area contributed by atoms with E-state index in [9.17, 15) is 9.18 Å². The molecule has 0 saturated heterocycles. The zero-order valence-electron chi connectivity index (χ0n) is 10.5. The normalized spacial score (nSPS) is 12.2. The molecule has 19 heavy (non-hydrogen) atoms. The minimum Gasteiger partial charge on any atom is -0.455 e. The quantitative estimate of drug-likeness (QED) is 0.888. The number of amides is 1. The molecule has 2 aromatic rings. The highest BCUT2D eigenvalue weighted by Gasteiger charge is 2.16. The average molecular weight is 262 g/mol. The zero-order valence-corrected chi connectivity index (χ0v) is 10.5. The van der Waals surface area contributed by atoms with Crippen LogP contribution in [0.25, 0.3) is 0 Å². The third-order valence-corrected chi connectivity index (χ3v) is 2.81. The number of carbonyl (C=O) groups is 1. The second kappa shape index (κ2) is 5.67. The summed E-state index contributed by atoms with van der Waals surface area (Å²) >= 11 is 0. The molecule has 4 nitrogen and oxygen atoms in total. The van der Waals surface area contributed by atoms with Crippen molar-refractivity contribution in [2.24, 2.45) is 5.73 Å². The van der Waals surface area contributed by atoms with Gasteiger partial charge in [0.1, 0.15) is 11.6 Å². The van der Waals surface area contributed by atoms with E-state index < -0.39 is 11.9 Å². The Morgan fingerprint density at radius 1 is 1.37 bits per heavy atom. The molecule has 0 radical (unpaired) electrons. The molecule has 1 heterocycles. The number of carbonyl (C=O) groups excluding carboxylic acids is 1. The summed E-state index contributed by atoms with van der Waals surface area (Å²) in [6, 6.07) is 9.06. The molecule has 2 rings (SSSR count). The lowest BCUT2D eigenvalue weighted by molar-refractivity contribution is 0.0909. The number of benzene rings is 1. The van der Waals surface area contributed by atoms with E-state index in [1.165, 1.54) is 6.07 Å². The van der Waals surface area contributed by atoms with Gasteiger partial charge in [-0.3, -0.25) is 4.79 Å². The van der Waals surface area contributed by atoms with Gasteiger partial charge in [-0.15, -0.1) is 0 Å². The molecule has 5 heteroatoms. The van der Waals surface area contributed by atoms with Crippen molar-refractivity contribution in [3.8, 4) is 0 Å². The summed E-state index contributed by atoms with van der Waals surface area (Å²) in [6.07, 6.45) is 0. The van der Waals surface area contributed by atoms with Crippen molar-refractivity contribution >= 4 is 5.91 Å². The molecule has 0 fully saturated rings. The fraction of sp³-hybridized carbons (Fsp3) is 0.214. The molecule has 0 aliphatic carbocycles. The second-order valence-electron chi connectivity index (χ2n) is 4.19. The fourth-order valence-electron chi connectivity index (χ4n) is 1.78. The SMILES string of the molecule is C[C@@H](NC(=O)c1ccc(CN)o1)c1ccccc1F. The molecule has 0 unspecified atom stereocenters. The van der Waals surface area contributed by atoms with E-state index in [1.54, 1.807) is 37.3 Å². The molecular formula is C14H15FN2O2. The minimum atomic E-state index is -0.444. The Hall–Kier alpha value is -2.14. The lowest BCUT2D eigenvalue weighted by atomic mass is 10.1. The smallest absolute Gasteiger partial charge is 0.287 e. The Morgan fingerprint density at radius 2 is 2.11 bits per heavy atom. The van der Waals surface area contributed by atoms with Crippen molar-refractivity contribution in [2.75, 3.05) is 0 Å². The molecule has 1 amide bonds. The van der Waals surface area contributed by atoms with Crippen LogP contribution in [0.2, 0.25) is 0 Å². The summed E-state index contributed by atoms with van der Waals surface area (Å²) in [7, 11) is 0. The first kappa shape index (κ1) is 13.3. The van der Waals surface area contributed by atoms with Gasteiger partial charge < -0.3 is 15.5 Å². The maximum atomic E-state index is 13.6. The maximum Gasteiger partial charge on any atom is 0.287 e. The van der Waals surface area contributed by atoms with Crippen molar-refractivity contribution in [1.29, 1.82) is 0 Å². The number of nitrogens with one attached hydrogen (secondary N) is 1. The third kappa shape index (κ3) is 3.00. The summed E-state index contributed by atoms with van der Waals surface area (Å²) in [6.45, 7) is 1.94. The Bertz CT molecular complexity index is 580. The molecule has 1 aromatic heterocycles. The molecule has 0 bridgehead atoms. The lowest BCUT2D eigenvalue weighted by Crippen LogP contribution is -2.26. The first-order chi connectivity index (χ1) is 9.11. The van der Waals surface area contributed by atoms with Gasteiger partial charge in [0.2, 0.25) is 0 Å². The number of hydrogen-bond acceptors (Lipinski definition) is 3. The van der Waals surface area contributed by atoms with Crippen molar-refractivity contribution < 1.29 is 13.6 Å². The van der Waals surface area contributed by atoms with E-state index in [2.05, 4.69) is 5.32 Å². The zero-order chi connectivity index (χ0) is 13.8. The van der Waals surface area contributed by atoms with E-state index in [4.69, 9.17) is 10.2 Å². The average Bonchev–Trinajstić information content (AvgIpc) is 2.88. The third-order valence-electron chi connectivity index (χ3n) is 2.81. The van der Waals surface area contributed by atoms with Crippen molar-refractivity contribution in [2.45, 2.75) is 19.5 Å². The highest BCUT2D eigenvalue weighted by Crippen LogP contribution is 2.17. The van der Waals surface area contributed by atoms with Crippen LogP contribution in [0.15, 0.2) is 40.8 Å². The second-order valence-corrected chi connectivity index (χ2v) is 4.19. The standard InChI is InChI=1S/C14H15FN2O2/c1-9(11-4-2-3-5-12(11)15)17-14(18)13-7-6-10(8-16)19-13/h2-7,9H,8,16H2,1H3,(H,17,18)/t9-/m1/s1. The Kier molecular flexibility index (Phi) is 3.97. The molecule has 1 atom stereocenters.